The number of hydrazone groups is 1. The Morgan fingerprint density at radius 3 is 2.39 bits per heavy atom. The molecule has 0 amide bonds. The number of sulfonamides is 1. The van der Waals surface area contributed by atoms with E-state index in [0.717, 1.165) is 30.0 Å². The first-order valence-electron chi connectivity index (χ1n) is 8.95. The van der Waals surface area contributed by atoms with Crippen LogP contribution in [0.5, 0.6) is 0 Å². The second-order valence-corrected chi connectivity index (χ2v) is 8.66. The van der Waals surface area contributed by atoms with Gasteiger partial charge in [-0.05, 0) is 44.4 Å². The van der Waals surface area contributed by atoms with Crippen molar-refractivity contribution in [1.29, 1.82) is 0 Å². The van der Waals surface area contributed by atoms with Crippen LogP contribution in [0, 0.1) is 17.0 Å². The van der Waals surface area contributed by atoms with Crippen LogP contribution in [0.15, 0.2) is 52.5 Å². The zero-order valence-electron chi connectivity index (χ0n) is 15.8. The molecule has 0 bridgehead atoms. The van der Waals surface area contributed by atoms with Crippen molar-refractivity contribution in [3.8, 4) is 0 Å². The molecule has 2 aromatic carbocycles. The Balaban J connectivity index is 1.88. The van der Waals surface area contributed by atoms with Crippen molar-refractivity contribution in [3.63, 3.8) is 0 Å². The molecule has 0 aliphatic carbocycles. The predicted octanol–water partition coefficient (Wildman–Crippen LogP) is 3.52. The molecule has 1 aliphatic rings. The summed E-state index contributed by atoms with van der Waals surface area (Å²) in [6.07, 6.45) is 1.60. The smallest absolute Gasteiger partial charge is 0.271 e. The Bertz CT molecular complexity index is 1010. The fraction of sp³-hybridized carbons (Fsp3) is 0.316. The highest BCUT2D eigenvalue weighted by molar-refractivity contribution is 7.89. The third kappa shape index (κ3) is 4.20. The van der Waals surface area contributed by atoms with E-state index in [1.165, 1.54) is 16.4 Å². The molecule has 0 atom stereocenters. The van der Waals surface area contributed by atoms with Gasteiger partial charge in [-0.3, -0.25) is 15.5 Å². The molecule has 1 heterocycles. The van der Waals surface area contributed by atoms with Gasteiger partial charge in [0.05, 0.1) is 15.5 Å². The topological polar surface area (TPSA) is 105 Å². The van der Waals surface area contributed by atoms with Crippen LogP contribution in [0.2, 0.25) is 0 Å². The fourth-order valence-corrected chi connectivity index (χ4v) is 4.54. The summed E-state index contributed by atoms with van der Waals surface area (Å²) in [5, 5.41) is 15.7. The van der Waals surface area contributed by atoms with Gasteiger partial charge in [0.1, 0.15) is 5.69 Å². The van der Waals surface area contributed by atoms with E-state index in [2.05, 4.69) is 10.5 Å². The standard InChI is InChI=1S/C19H22N4O4S/c1-14-5-7-16(8-6-14)15(2)20-21-18-10-9-17(13-19(18)23(24)25)28(26,27)22-11-3-4-12-22/h5-10,13,21H,3-4,11-12H2,1-2H3/b20-15-. The molecule has 1 fully saturated rings. The average Bonchev–Trinajstić information content (AvgIpc) is 3.22. The monoisotopic (exact) mass is 402 g/mol. The summed E-state index contributed by atoms with van der Waals surface area (Å²) in [5.41, 5.74) is 5.16. The molecular formula is C19H22N4O4S. The third-order valence-electron chi connectivity index (χ3n) is 4.68. The van der Waals surface area contributed by atoms with Crippen molar-refractivity contribution in [3.05, 3.63) is 63.7 Å². The molecule has 1 N–H and O–H groups in total. The van der Waals surface area contributed by atoms with Gasteiger partial charge >= 0.3 is 0 Å². The van der Waals surface area contributed by atoms with Gasteiger partial charge in [-0.15, -0.1) is 0 Å². The van der Waals surface area contributed by atoms with E-state index in [4.69, 9.17) is 0 Å². The first-order valence-corrected chi connectivity index (χ1v) is 10.4. The Morgan fingerprint density at radius 2 is 1.79 bits per heavy atom. The zero-order chi connectivity index (χ0) is 20.3. The molecule has 1 aliphatic heterocycles. The molecule has 3 rings (SSSR count). The minimum Gasteiger partial charge on any atom is -0.271 e. The predicted molar refractivity (Wildman–Crippen MR) is 108 cm³/mol. The van der Waals surface area contributed by atoms with E-state index in [1.54, 1.807) is 6.92 Å². The van der Waals surface area contributed by atoms with Crippen molar-refractivity contribution in [1.82, 2.24) is 4.31 Å². The number of nitrogens with zero attached hydrogens (tertiary/aromatic N) is 3. The van der Waals surface area contributed by atoms with E-state index < -0.39 is 14.9 Å². The van der Waals surface area contributed by atoms with Gasteiger partial charge in [-0.1, -0.05) is 29.8 Å². The van der Waals surface area contributed by atoms with Crippen LogP contribution in [0.4, 0.5) is 11.4 Å². The number of benzene rings is 2. The third-order valence-corrected chi connectivity index (χ3v) is 6.58. The van der Waals surface area contributed by atoms with Crippen molar-refractivity contribution < 1.29 is 13.3 Å². The van der Waals surface area contributed by atoms with Crippen molar-refractivity contribution >= 4 is 27.1 Å². The minimum atomic E-state index is -3.72. The number of hydrogen-bond donors (Lipinski definition) is 1. The quantitative estimate of drug-likeness (QED) is 0.452. The molecule has 148 valence electrons. The average molecular weight is 402 g/mol. The lowest BCUT2D eigenvalue weighted by Gasteiger charge is -2.15. The first kappa shape index (κ1) is 20.0. The first-order chi connectivity index (χ1) is 13.3. The number of nitro groups is 1. The van der Waals surface area contributed by atoms with Crippen LogP contribution in [0.25, 0.3) is 0 Å². The summed E-state index contributed by atoms with van der Waals surface area (Å²) >= 11 is 0. The molecular weight excluding hydrogens is 380 g/mol. The van der Waals surface area contributed by atoms with E-state index in [9.17, 15) is 18.5 Å². The number of nitro benzene ring substituents is 1. The van der Waals surface area contributed by atoms with Gasteiger partial charge in [0.15, 0.2) is 0 Å². The number of aryl methyl sites for hydroxylation is 1. The summed E-state index contributed by atoms with van der Waals surface area (Å²) in [6.45, 7) is 4.65. The van der Waals surface area contributed by atoms with Gasteiger partial charge in [0, 0.05) is 19.2 Å². The molecule has 0 unspecified atom stereocenters. The van der Waals surface area contributed by atoms with Crippen LogP contribution in [0.1, 0.15) is 30.9 Å². The molecule has 2 aromatic rings. The van der Waals surface area contributed by atoms with Crippen molar-refractivity contribution in [2.45, 2.75) is 31.6 Å². The molecule has 0 saturated carbocycles. The molecule has 8 nitrogen and oxygen atoms in total. The summed E-state index contributed by atoms with van der Waals surface area (Å²) in [7, 11) is -3.72. The minimum absolute atomic E-state index is 0.0779. The van der Waals surface area contributed by atoms with Crippen LogP contribution in [0.3, 0.4) is 0 Å². The zero-order valence-corrected chi connectivity index (χ0v) is 16.6. The van der Waals surface area contributed by atoms with E-state index in [1.807, 2.05) is 31.2 Å². The highest BCUT2D eigenvalue weighted by Crippen LogP contribution is 2.30. The molecule has 0 radical (unpaired) electrons. The fourth-order valence-electron chi connectivity index (χ4n) is 3.00. The second-order valence-electron chi connectivity index (χ2n) is 6.72. The maximum Gasteiger partial charge on any atom is 0.295 e. The number of hydrogen-bond acceptors (Lipinski definition) is 6. The van der Waals surface area contributed by atoms with E-state index in [0.29, 0.717) is 18.8 Å². The highest BCUT2D eigenvalue weighted by atomic mass is 32.2. The van der Waals surface area contributed by atoms with Gasteiger partial charge in [-0.2, -0.15) is 9.41 Å². The SMILES string of the molecule is C/C(=N/Nc1ccc(S(=O)(=O)N2CCCC2)cc1[N+](=O)[O-])c1ccc(C)cc1. The van der Waals surface area contributed by atoms with Gasteiger partial charge in [0.25, 0.3) is 5.69 Å². The van der Waals surface area contributed by atoms with Crippen LogP contribution in [-0.2, 0) is 10.0 Å². The van der Waals surface area contributed by atoms with Gasteiger partial charge in [0.2, 0.25) is 10.0 Å². The Morgan fingerprint density at radius 1 is 1.14 bits per heavy atom. The lowest BCUT2D eigenvalue weighted by molar-refractivity contribution is -0.384. The van der Waals surface area contributed by atoms with Gasteiger partial charge in [-0.25, -0.2) is 8.42 Å². The summed E-state index contributed by atoms with van der Waals surface area (Å²) in [6, 6.07) is 11.6. The van der Waals surface area contributed by atoms with Crippen LogP contribution >= 0.6 is 0 Å². The van der Waals surface area contributed by atoms with E-state index >= 15 is 0 Å². The summed E-state index contributed by atoms with van der Waals surface area (Å²) in [5.74, 6) is 0. The molecule has 0 aromatic heterocycles. The summed E-state index contributed by atoms with van der Waals surface area (Å²) < 4.78 is 26.7. The normalized spacial score (nSPS) is 15.6. The largest absolute Gasteiger partial charge is 0.295 e. The van der Waals surface area contributed by atoms with Crippen molar-refractivity contribution in [2.75, 3.05) is 18.5 Å². The molecule has 1 saturated heterocycles. The molecule has 0 spiro atoms. The lowest BCUT2D eigenvalue weighted by Crippen LogP contribution is -2.27. The van der Waals surface area contributed by atoms with Crippen LogP contribution < -0.4 is 5.43 Å². The maximum absolute atomic E-state index is 12.7. The van der Waals surface area contributed by atoms with E-state index in [-0.39, 0.29) is 16.3 Å². The van der Waals surface area contributed by atoms with Crippen molar-refractivity contribution in [2.24, 2.45) is 5.10 Å². The highest BCUT2D eigenvalue weighted by Gasteiger charge is 2.29. The number of rotatable bonds is 6. The number of anilines is 1. The second kappa shape index (κ2) is 8.07. The summed E-state index contributed by atoms with van der Waals surface area (Å²) in [4.78, 5) is 10.8. The Labute approximate surface area is 164 Å². The Kier molecular flexibility index (Phi) is 5.76. The molecule has 9 heteroatoms. The molecule has 28 heavy (non-hydrogen) atoms. The van der Waals surface area contributed by atoms with Crippen LogP contribution in [-0.4, -0.2) is 36.4 Å². The lowest BCUT2D eigenvalue weighted by atomic mass is 10.1. The maximum atomic E-state index is 12.7. The van der Waals surface area contributed by atoms with Gasteiger partial charge < -0.3 is 0 Å². The number of nitrogens with one attached hydrogen (secondary N) is 1. The Hall–Kier alpha value is -2.78.